The molecule has 0 aliphatic heterocycles. The summed E-state index contributed by atoms with van der Waals surface area (Å²) in [5, 5.41) is 8.42. The van der Waals surface area contributed by atoms with Crippen LogP contribution >= 0.6 is 11.6 Å². The molecule has 0 bridgehead atoms. The number of rotatable bonds is 4. The minimum atomic E-state index is -0.289. The highest BCUT2D eigenvalue weighted by molar-refractivity contribution is 6.30. The maximum absolute atomic E-state index is 12.4. The molecule has 0 spiro atoms. The topological polar surface area (TPSA) is 68.3 Å². The van der Waals surface area contributed by atoms with Crippen LogP contribution in [0, 0.1) is 6.92 Å². The smallest absolute Gasteiger partial charge is 0.287 e. The fourth-order valence-corrected chi connectivity index (χ4v) is 2.92. The second kappa shape index (κ2) is 6.69. The summed E-state index contributed by atoms with van der Waals surface area (Å²) < 4.78 is 11.0. The Morgan fingerprint density at radius 1 is 1.15 bits per heavy atom. The SMILES string of the molecule is Cc1c(C(=O)NCc2cc(-c3ccc(Cl)cc3)no2)oc2ccccc12. The molecule has 6 heteroatoms. The minimum Gasteiger partial charge on any atom is -0.451 e. The molecule has 2 heterocycles. The largest absolute Gasteiger partial charge is 0.451 e. The Morgan fingerprint density at radius 3 is 2.69 bits per heavy atom. The quantitative estimate of drug-likeness (QED) is 0.553. The van der Waals surface area contributed by atoms with Gasteiger partial charge in [0.05, 0.1) is 6.54 Å². The van der Waals surface area contributed by atoms with Crippen molar-refractivity contribution < 1.29 is 13.7 Å². The number of aromatic nitrogens is 1. The number of benzene rings is 2. The van der Waals surface area contributed by atoms with Crippen molar-refractivity contribution in [3.8, 4) is 11.3 Å². The number of nitrogens with one attached hydrogen (secondary N) is 1. The molecular formula is C20H15ClN2O3. The van der Waals surface area contributed by atoms with Gasteiger partial charge < -0.3 is 14.3 Å². The molecule has 5 nitrogen and oxygen atoms in total. The van der Waals surface area contributed by atoms with Gasteiger partial charge in [-0.2, -0.15) is 0 Å². The van der Waals surface area contributed by atoms with Crippen molar-refractivity contribution in [2.75, 3.05) is 0 Å². The van der Waals surface area contributed by atoms with Gasteiger partial charge in [-0.25, -0.2) is 0 Å². The Labute approximate surface area is 154 Å². The third-order valence-corrected chi connectivity index (χ3v) is 4.42. The monoisotopic (exact) mass is 366 g/mol. The van der Waals surface area contributed by atoms with Gasteiger partial charge in [-0.15, -0.1) is 0 Å². The molecule has 4 aromatic rings. The first-order valence-corrected chi connectivity index (χ1v) is 8.47. The molecule has 0 radical (unpaired) electrons. The molecule has 0 atom stereocenters. The van der Waals surface area contributed by atoms with Gasteiger partial charge in [0, 0.05) is 27.6 Å². The van der Waals surface area contributed by atoms with E-state index in [0.717, 1.165) is 16.5 Å². The third-order valence-electron chi connectivity index (χ3n) is 4.17. The van der Waals surface area contributed by atoms with E-state index in [0.29, 0.717) is 27.8 Å². The second-order valence-corrected chi connectivity index (χ2v) is 6.36. The van der Waals surface area contributed by atoms with Crippen molar-refractivity contribution in [2.45, 2.75) is 13.5 Å². The lowest BCUT2D eigenvalue weighted by molar-refractivity contribution is 0.0920. The molecular weight excluding hydrogens is 352 g/mol. The van der Waals surface area contributed by atoms with Crippen LogP contribution in [0.4, 0.5) is 0 Å². The molecule has 0 fully saturated rings. The van der Waals surface area contributed by atoms with Crippen LogP contribution < -0.4 is 5.32 Å². The molecule has 0 aliphatic carbocycles. The first-order chi connectivity index (χ1) is 12.6. The summed E-state index contributed by atoms with van der Waals surface area (Å²) in [7, 11) is 0. The average Bonchev–Trinajstić information content (AvgIpc) is 3.26. The Morgan fingerprint density at radius 2 is 1.92 bits per heavy atom. The van der Waals surface area contributed by atoms with Crippen LogP contribution in [0.1, 0.15) is 21.9 Å². The summed E-state index contributed by atoms with van der Waals surface area (Å²) in [5.41, 5.74) is 3.09. The first kappa shape index (κ1) is 16.4. The van der Waals surface area contributed by atoms with Crippen LogP contribution in [0.3, 0.4) is 0 Å². The molecule has 0 aliphatic rings. The molecule has 0 saturated carbocycles. The number of nitrogens with zero attached hydrogens (tertiary/aromatic N) is 1. The predicted molar refractivity (Wildman–Crippen MR) is 99.1 cm³/mol. The number of carbonyl (C=O) groups is 1. The minimum absolute atomic E-state index is 0.218. The van der Waals surface area contributed by atoms with Gasteiger partial charge >= 0.3 is 0 Å². The lowest BCUT2D eigenvalue weighted by Crippen LogP contribution is -2.22. The number of furan rings is 1. The van der Waals surface area contributed by atoms with Crippen LogP contribution in [0.5, 0.6) is 0 Å². The molecule has 26 heavy (non-hydrogen) atoms. The van der Waals surface area contributed by atoms with Crippen molar-refractivity contribution in [1.29, 1.82) is 0 Å². The molecule has 2 aromatic heterocycles. The van der Waals surface area contributed by atoms with Crippen molar-refractivity contribution in [1.82, 2.24) is 10.5 Å². The number of aryl methyl sites for hydroxylation is 1. The molecule has 4 rings (SSSR count). The van der Waals surface area contributed by atoms with Crippen LogP contribution in [0.2, 0.25) is 5.02 Å². The lowest BCUT2D eigenvalue weighted by Gasteiger charge is -2.00. The maximum atomic E-state index is 12.4. The van der Waals surface area contributed by atoms with Crippen molar-refractivity contribution in [3.05, 3.63) is 76.7 Å². The van der Waals surface area contributed by atoms with Gasteiger partial charge in [-0.1, -0.05) is 47.1 Å². The summed E-state index contributed by atoms with van der Waals surface area (Å²) >= 11 is 5.89. The highest BCUT2D eigenvalue weighted by Gasteiger charge is 2.17. The number of fused-ring (bicyclic) bond motifs is 1. The summed E-state index contributed by atoms with van der Waals surface area (Å²) in [6, 6.07) is 16.7. The van der Waals surface area contributed by atoms with Crippen LogP contribution in [0.25, 0.3) is 22.2 Å². The predicted octanol–water partition coefficient (Wildman–Crippen LogP) is 4.98. The molecule has 0 saturated heterocycles. The summed E-state index contributed by atoms with van der Waals surface area (Å²) in [4.78, 5) is 12.4. The zero-order valence-corrected chi connectivity index (χ0v) is 14.7. The number of para-hydroxylation sites is 1. The lowest BCUT2D eigenvalue weighted by atomic mass is 10.1. The number of hydrogen-bond donors (Lipinski definition) is 1. The van der Waals surface area contributed by atoms with E-state index in [9.17, 15) is 4.79 Å². The average molecular weight is 367 g/mol. The van der Waals surface area contributed by atoms with Crippen molar-refractivity contribution in [2.24, 2.45) is 0 Å². The number of halogens is 1. The molecule has 2 aromatic carbocycles. The standard InChI is InChI=1S/C20H15ClN2O3/c1-12-16-4-2-3-5-18(16)25-19(12)20(24)22-11-15-10-17(23-26-15)13-6-8-14(21)9-7-13/h2-10H,11H2,1H3,(H,22,24). The number of amides is 1. The van der Waals surface area contributed by atoms with E-state index in [-0.39, 0.29) is 12.5 Å². The van der Waals surface area contributed by atoms with E-state index < -0.39 is 0 Å². The highest BCUT2D eigenvalue weighted by Crippen LogP contribution is 2.25. The second-order valence-electron chi connectivity index (χ2n) is 5.92. The fourth-order valence-electron chi connectivity index (χ4n) is 2.79. The molecule has 1 amide bonds. The Hall–Kier alpha value is -3.05. The van der Waals surface area contributed by atoms with E-state index >= 15 is 0 Å². The molecule has 1 N–H and O–H groups in total. The van der Waals surface area contributed by atoms with Gasteiger partial charge in [0.15, 0.2) is 11.5 Å². The summed E-state index contributed by atoms with van der Waals surface area (Å²) in [6.07, 6.45) is 0. The van der Waals surface area contributed by atoms with Gasteiger partial charge in [0.1, 0.15) is 11.3 Å². The third kappa shape index (κ3) is 3.09. The van der Waals surface area contributed by atoms with Gasteiger partial charge in [-0.3, -0.25) is 4.79 Å². The van der Waals surface area contributed by atoms with Gasteiger partial charge in [0.2, 0.25) is 0 Å². The summed E-state index contributed by atoms with van der Waals surface area (Å²) in [5.74, 6) is 0.573. The summed E-state index contributed by atoms with van der Waals surface area (Å²) in [6.45, 7) is 2.09. The number of carbonyl (C=O) groups excluding carboxylic acids is 1. The van der Waals surface area contributed by atoms with E-state index in [2.05, 4.69) is 10.5 Å². The van der Waals surface area contributed by atoms with E-state index in [1.807, 2.05) is 43.3 Å². The Balaban J connectivity index is 1.47. The first-order valence-electron chi connectivity index (χ1n) is 8.09. The van der Waals surface area contributed by atoms with Crippen LogP contribution in [-0.2, 0) is 6.54 Å². The van der Waals surface area contributed by atoms with E-state index in [1.54, 1.807) is 18.2 Å². The van der Waals surface area contributed by atoms with E-state index in [4.69, 9.17) is 20.5 Å². The fraction of sp³-hybridized carbons (Fsp3) is 0.100. The van der Waals surface area contributed by atoms with Crippen LogP contribution in [-0.4, -0.2) is 11.1 Å². The molecule has 130 valence electrons. The number of hydrogen-bond acceptors (Lipinski definition) is 4. The highest BCUT2D eigenvalue weighted by atomic mass is 35.5. The Bertz CT molecular complexity index is 1080. The Kier molecular flexibility index (Phi) is 4.22. The van der Waals surface area contributed by atoms with Gasteiger partial charge in [0.25, 0.3) is 5.91 Å². The normalized spacial score (nSPS) is 11.0. The molecule has 0 unspecified atom stereocenters. The zero-order valence-electron chi connectivity index (χ0n) is 14.0. The maximum Gasteiger partial charge on any atom is 0.287 e. The van der Waals surface area contributed by atoms with Crippen LogP contribution in [0.15, 0.2) is 63.5 Å². The van der Waals surface area contributed by atoms with Gasteiger partial charge in [-0.05, 0) is 25.1 Å². The van der Waals surface area contributed by atoms with E-state index in [1.165, 1.54) is 0 Å². The zero-order chi connectivity index (χ0) is 18.1. The van der Waals surface area contributed by atoms with Crippen molar-refractivity contribution in [3.63, 3.8) is 0 Å². The van der Waals surface area contributed by atoms with Crippen molar-refractivity contribution >= 4 is 28.5 Å².